The first-order valence-corrected chi connectivity index (χ1v) is 15.0. The van der Waals surface area contributed by atoms with Crippen LogP contribution >= 0.6 is 0 Å². The van der Waals surface area contributed by atoms with E-state index in [4.69, 9.17) is 4.42 Å². The van der Waals surface area contributed by atoms with Crippen molar-refractivity contribution in [1.82, 2.24) is 13.7 Å². The van der Waals surface area contributed by atoms with E-state index in [-0.39, 0.29) is 7.43 Å². The summed E-state index contributed by atoms with van der Waals surface area (Å²) in [6.45, 7) is 0. The molecule has 0 aliphatic heterocycles. The number of fused-ring (bicyclic) bond motifs is 10. The zero-order chi connectivity index (χ0) is 28.8. The molecule has 0 atom stereocenters. The number of hydrogen-bond acceptors (Lipinski definition) is 1. The number of nitrogens with zero attached hydrogens (tertiary/aromatic N) is 3. The Balaban J connectivity index is 0.00000281. The zero-order valence-corrected chi connectivity index (χ0v) is 23.7. The molecular weight excluding hydrogens is 550 g/mol. The van der Waals surface area contributed by atoms with Gasteiger partial charge in [-0.05, 0) is 66.7 Å². The number of benzene rings is 6. The smallest absolute Gasteiger partial charge is 0.161 e. The van der Waals surface area contributed by atoms with Crippen LogP contribution < -0.4 is 0 Å². The van der Waals surface area contributed by atoms with E-state index in [1.165, 1.54) is 27.2 Å². The van der Waals surface area contributed by atoms with Crippen LogP contribution in [0.5, 0.6) is 0 Å². The third-order valence-corrected chi connectivity index (χ3v) is 9.02. The van der Waals surface area contributed by atoms with Gasteiger partial charge < -0.3 is 8.98 Å². The van der Waals surface area contributed by atoms with Crippen molar-refractivity contribution in [3.63, 3.8) is 0 Å². The maximum atomic E-state index is 6.45. The summed E-state index contributed by atoms with van der Waals surface area (Å²) >= 11 is 0. The van der Waals surface area contributed by atoms with E-state index in [0.717, 1.165) is 55.7 Å². The average molecular weight is 580 g/mol. The summed E-state index contributed by atoms with van der Waals surface area (Å²) in [4.78, 5) is 0. The summed E-state index contributed by atoms with van der Waals surface area (Å²) in [5.41, 5.74) is 10.9. The van der Waals surface area contributed by atoms with E-state index in [9.17, 15) is 0 Å². The molecule has 10 aromatic rings. The predicted molar refractivity (Wildman–Crippen MR) is 188 cm³/mol. The maximum absolute atomic E-state index is 6.45. The fourth-order valence-corrected chi connectivity index (χ4v) is 7.25. The molecule has 45 heavy (non-hydrogen) atoms. The second kappa shape index (κ2) is 9.50. The van der Waals surface area contributed by atoms with Crippen LogP contribution in [0.3, 0.4) is 0 Å². The van der Waals surface area contributed by atoms with Crippen molar-refractivity contribution < 1.29 is 4.42 Å². The molecule has 0 spiro atoms. The number of furan rings is 1. The lowest BCUT2D eigenvalue weighted by Gasteiger charge is -2.15. The van der Waals surface area contributed by atoms with Crippen molar-refractivity contribution in [1.29, 1.82) is 0 Å². The summed E-state index contributed by atoms with van der Waals surface area (Å²) in [6.07, 6.45) is 0. The molecule has 214 valence electrons. The average Bonchev–Trinajstić information content (AvgIpc) is 3.81. The minimum absolute atomic E-state index is 0. The lowest BCUT2D eigenvalue weighted by atomic mass is 10.1. The van der Waals surface area contributed by atoms with Gasteiger partial charge in [0.1, 0.15) is 16.7 Å². The van der Waals surface area contributed by atoms with Crippen molar-refractivity contribution in [2.24, 2.45) is 0 Å². The Morgan fingerprint density at radius 3 is 1.58 bits per heavy atom. The van der Waals surface area contributed by atoms with Crippen LogP contribution in [0, 0.1) is 0 Å². The maximum Gasteiger partial charge on any atom is 0.161 e. The molecule has 0 amide bonds. The number of hydrogen-bond donors (Lipinski definition) is 0. The normalized spacial score (nSPS) is 11.8. The van der Waals surface area contributed by atoms with Crippen molar-refractivity contribution in [3.8, 4) is 17.1 Å². The Morgan fingerprint density at radius 1 is 0.400 bits per heavy atom. The second-order valence-corrected chi connectivity index (χ2v) is 11.4. The van der Waals surface area contributed by atoms with Crippen LogP contribution in [0.15, 0.2) is 156 Å². The molecule has 0 unspecified atom stereocenters. The van der Waals surface area contributed by atoms with E-state index in [1.807, 2.05) is 6.07 Å². The summed E-state index contributed by atoms with van der Waals surface area (Å²) < 4.78 is 13.6. The van der Waals surface area contributed by atoms with Gasteiger partial charge in [0.05, 0.1) is 16.6 Å². The molecule has 4 aromatic heterocycles. The van der Waals surface area contributed by atoms with Crippen molar-refractivity contribution in [2.75, 3.05) is 0 Å². The topological polar surface area (TPSA) is 27.9 Å². The largest absolute Gasteiger partial charge is 0.454 e. The van der Waals surface area contributed by atoms with Gasteiger partial charge in [-0.3, -0.25) is 9.13 Å². The lowest BCUT2D eigenvalue weighted by Crippen LogP contribution is -2.02. The van der Waals surface area contributed by atoms with Crippen molar-refractivity contribution in [3.05, 3.63) is 152 Å². The Morgan fingerprint density at radius 2 is 0.889 bits per heavy atom. The first-order valence-electron chi connectivity index (χ1n) is 15.0. The van der Waals surface area contributed by atoms with E-state index >= 15 is 0 Å². The van der Waals surface area contributed by atoms with E-state index in [2.05, 4.69) is 159 Å². The Kier molecular flexibility index (Phi) is 5.38. The van der Waals surface area contributed by atoms with Crippen LogP contribution in [0.4, 0.5) is 0 Å². The third kappa shape index (κ3) is 3.42. The highest BCUT2D eigenvalue weighted by atomic mass is 16.3. The summed E-state index contributed by atoms with van der Waals surface area (Å²) in [5, 5.41) is 5.98. The quantitative estimate of drug-likeness (QED) is 0.205. The van der Waals surface area contributed by atoms with Crippen molar-refractivity contribution in [2.45, 2.75) is 7.43 Å². The minimum atomic E-state index is 0. The van der Waals surface area contributed by atoms with Gasteiger partial charge in [0.25, 0.3) is 0 Å². The predicted octanol–water partition coefficient (Wildman–Crippen LogP) is 11.2. The number of rotatable bonds is 3. The van der Waals surface area contributed by atoms with Gasteiger partial charge >= 0.3 is 0 Å². The van der Waals surface area contributed by atoms with Gasteiger partial charge in [0.2, 0.25) is 0 Å². The van der Waals surface area contributed by atoms with Gasteiger partial charge in [-0.15, -0.1) is 0 Å². The van der Waals surface area contributed by atoms with E-state index in [1.54, 1.807) is 0 Å². The Hall–Kier alpha value is -6.00. The number of aromatic nitrogens is 3. The molecule has 0 bridgehead atoms. The molecule has 0 saturated heterocycles. The van der Waals surface area contributed by atoms with Gasteiger partial charge in [-0.1, -0.05) is 92.4 Å². The molecule has 0 radical (unpaired) electrons. The SMILES string of the molecule is C.c1ccc(-n2c3ccccc3c3c4ccccc4n(-c4cccc(-n5c6ccccc6c6oc7ccccc7c65)c4)c32)cc1. The molecule has 6 aromatic carbocycles. The van der Waals surface area contributed by atoms with Gasteiger partial charge in [-0.25, -0.2) is 0 Å². The molecule has 0 fully saturated rings. The first kappa shape index (κ1) is 25.5. The van der Waals surface area contributed by atoms with Gasteiger partial charge in [0, 0.05) is 44.0 Å². The molecule has 4 nitrogen and oxygen atoms in total. The van der Waals surface area contributed by atoms with Crippen LogP contribution in [-0.2, 0) is 0 Å². The molecule has 0 aliphatic carbocycles. The van der Waals surface area contributed by atoms with Crippen LogP contribution in [0.1, 0.15) is 7.43 Å². The fourth-order valence-electron chi connectivity index (χ4n) is 7.25. The summed E-state index contributed by atoms with van der Waals surface area (Å²) in [7, 11) is 0. The Labute approximate surface area is 259 Å². The highest BCUT2D eigenvalue weighted by Gasteiger charge is 2.23. The molecule has 0 N–H and O–H groups in total. The highest BCUT2D eigenvalue weighted by Crippen LogP contribution is 2.42. The monoisotopic (exact) mass is 579 g/mol. The van der Waals surface area contributed by atoms with Crippen LogP contribution in [-0.4, -0.2) is 13.7 Å². The van der Waals surface area contributed by atoms with Gasteiger partial charge in [-0.2, -0.15) is 0 Å². The molecular formula is C41H29N3O. The van der Waals surface area contributed by atoms with Crippen LogP contribution in [0.25, 0.3) is 82.9 Å². The van der Waals surface area contributed by atoms with Gasteiger partial charge in [0.15, 0.2) is 5.58 Å². The van der Waals surface area contributed by atoms with Crippen LogP contribution in [0.2, 0.25) is 0 Å². The minimum Gasteiger partial charge on any atom is -0.454 e. The first-order chi connectivity index (χ1) is 21.9. The molecule has 4 heterocycles. The zero-order valence-electron chi connectivity index (χ0n) is 23.7. The van der Waals surface area contributed by atoms with E-state index < -0.39 is 0 Å². The number of para-hydroxylation sites is 5. The molecule has 0 aliphatic rings. The molecule has 4 heteroatoms. The summed E-state index contributed by atoms with van der Waals surface area (Å²) in [5.74, 6) is 0. The standard InChI is InChI=1S/C40H25N3O.CH4/c1-2-13-26(14-3-1)42-33-21-8-4-17-29(33)37-30-18-5-9-22-34(30)43(40(37)42)28-16-12-15-27(25-28)41-35-23-10-6-19-31(35)39-38(41)32-20-7-11-24-36(32)44-39;/h1-25H;1H4. The third-order valence-electron chi connectivity index (χ3n) is 9.02. The Bertz CT molecular complexity index is 2710. The van der Waals surface area contributed by atoms with Crippen molar-refractivity contribution >= 4 is 65.8 Å². The molecule has 10 rings (SSSR count). The second-order valence-electron chi connectivity index (χ2n) is 11.4. The molecule has 0 saturated carbocycles. The lowest BCUT2D eigenvalue weighted by molar-refractivity contribution is 0.673. The van der Waals surface area contributed by atoms with E-state index in [0.29, 0.717) is 0 Å². The highest BCUT2D eigenvalue weighted by molar-refractivity contribution is 6.22. The summed E-state index contributed by atoms with van der Waals surface area (Å²) in [6, 6.07) is 53.9. The fraction of sp³-hybridized carbons (Fsp3) is 0.0244.